The molecule has 1 aliphatic carbocycles. The zero-order valence-electron chi connectivity index (χ0n) is 10.3. The van der Waals surface area contributed by atoms with Gasteiger partial charge in [0.05, 0.1) is 10.7 Å². The molecule has 3 rings (SSSR count). The lowest BCUT2D eigenvalue weighted by atomic mass is 10.1. The van der Waals surface area contributed by atoms with Crippen LogP contribution in [0.4, 0.5) is 5.69 Å². The number of aliphatic hydroxyl groups is 1. The van der Waals surface area contributed by atoms with Crippen molar-refractivity contribution in [1.29, 1.82) is 0 Å². The molecule has 2 aromatic rings. The molecular formula is C15H12ClNO2. The molecule has 0 heterocycles. The fourth-order valence-corrected chi connectivity index (χ4v) is 2.69. The van der Waals surface area contributed by atoms with E-state index in [-0.39, 0.29) is 5.91 Å². The Bertz CT molecular complexity index is 682. The minimum atomic E-state index is -0.670. The number of halogens is 1. The number of fused-ring (bicyclic) bond motifs is 3. The van der Waals surface area contributed by atoms with E-state index in [0.29, 0.717) is 10.7 Å². The van der Waals surface area contributed by atoms with E-state index in [0.717, 1.165) is 22.3 Å². The number of carbonyl (C=O) groups is 1. The number of anilines is 1. The lowest BCUT2D eigenvalue weighted by Gasteiger charge is -2.10. The molecular weight excluding hydrogens is 262 g/mol. The van der Waals surface area contributed by atoms with Crippen molar-refractivity contribution >= 4 is 23.2 Å². The van der Waals surface area contributed by atoms with Crippen LogP contribution in [0.15, 0.2) is 36.4 Å². The maximum atomic E-state index is 11.1. The highest BCUT2D eigenvalue weighted by atomic mass is 35.5. The molecule has 1 aliphatic rings. The monoisotopic (exact) mass is 273 g/mol. The Morgan fingerprint density at radius 2 is 1.95 bits per heavy atom. The van der Waals surface area contributed by atoms with Gasteiger partial charge in [0.15, 0.2) is 0 Å². The summed E-state index contributed by atoms with van der Waals surface area (Å²) in [6, 6.07) is 11.2. The Morgan fingerprint density at radius 3 is 2.68 bits per heavy atom. The van der Waals surface area contributed by atoms with Crippen LogP contribution < -0.4 is 5.32 Å². The molecule has 0 saturated carbocycles. The van der Waals surface area contributed by atoms with Gasteiger partial charge in [-0.15, -0.1) is 0 Å². The molecule has 0 bridgehead atoms. The first kappa shape index (κ1) is 12.2. The number of carbonyl (C=O) groups excluding carboxylic acids is 1. The molecule has 96 valence electrons. The van der Waals surface area contributed by atoms with Crippen LogP contribution in [0.3, 0.4) is 0 Å². The first-order chi connectivity index (χ1) is 9.08. The third-order valence-corrected chi connectivity index (χ3v) is 3.60. The Morgan fingerprint density at radius 1 is 1.21 bits per heavy atom. The molecule has 0 radical (unpaired) electrons. The Balaban J connectivity index is 2.17. The predicted molar refractivity (Wildman–Crippen MR) is 75.3 cm³/mol. The van der Waals surface area contributed by atoms with Crippen LogP contribution in [-0.4, -0.2) is 11.0 Å². The summed E-state index contributed by atoms with van der Waals surface area (Å²) in [6.07, 6.45) is -0.670. The zero-order chi connectivity index (χ0) is 13.6. The largest absolute Gasteiger partial charge is 0.384 e. The van der Waals surface area contributed by atoms with Crippen molar-refractivity contribution in [2.45, 2.75) is 13.0 Å². The number of hydrogen-bond donors (Lipinski definition) is 2. The second-order valence-corrected chi connectivity index (χ2v) is 5.00. The summed E-state index contributed by atoms with van der Waals surface area (Å²) in [5.41, 5.74) is 4.08. The fourth-order valence-electron chi connectivity index (χ4n) is 2.48. The molecule has 0 aliphatic heterocycles. The van der Waals surface area contributed by atoms with Gasteiger partial charge in [-0.25, -0.2) is 0 Å². The van der Waals surface area contributed by atoms with E-state index in [9.17, 15) is 9.90 Å². The number of amides is 1. The van der Waals surface area contributed by atoms with Gasteiger partial charge in [0.25, 0.3) is 0 Å². The third-order valence-electron chi connectivity index (χ3n) is 3.29. The van der Waals surface area contributed by atoms with Gasteiger partial charge in [-0.3, -0.25) is 4.79 Å². The predicted octanol–water partition coefficient (Wildman–Crippen LogP) is 3.36. The molecule has 2 N–H and O–H groups in total. The van der Waals surface area contributed by atoms with Crippen LogP contribution in [0.1, 0.15) is 24.2 Å². The Kier molecular flexibility index (Phi) is 2.81. The van der Waals surface area contributed by atoms with Crippen molar-refractivity contribution in [3.8, 4) is 11.1 Å². The van der Waals surface area contributed by atoms with Crippen molar-refractivity contribution in [2.75, 3.05) is 5.32 Å². The number of nitrogens with one attached hydrogen (secondary N) is 1. The molecule has 2 aromatic carbocycles. The van der Waals surface area contributed by atoms with Crippen LogP contribution >= 0.6 is 11.6 Å². The molecule has 0 saturated heterocycles. The molecule has 0 spiro atoms. The molecule has 19 heavy (non-hydrogen) atoms. The van der Waals surface area contributed by atoms with Gasteiger partial charge in [0, 0.05) is 6.92 Å². The standard InChI is InChI=1S/C15H12ClNO2/c1-8(18)17-14-7-12-11(6-13(14)16)9-4-2-3-5-10(9)15(12)19/h2-7,15,19H,1H3,(H,17,18)/t15-/m1/s1. The SMILES string of the molecule is CC(=O)Nc1cc2c(cc1Cl)-c1ccccc1[C@H]2O. The second-order valence-electron chi connectivity index (χ2n) is 4.59. The van der Waals surface area contributed by atoms with E-state index in [1.54, 1.807) is 12.1 Å². The van der Waals surface area contributed by atoms with Crippen LogP contribution in [0.5, 0.6) is 0 Å². The molecule has 0 fully saturated rings. The van der Waals surface area contributed by atoms with Crippen LogP contribution in [0, 0.1) is 0 Å². The molecule has 0 unspecified atom stereocenters. The maximum Gasteiger partial charge on any atom is 0.221 e. The van der Waals surface area contributed by atoms with Crippen molar-refractivity contribution in [3.05, 3.63) is 52.5 Å². The smallest absolute Gasteiger partial charge is 0.221 e. The summed E-state index contributed by atoms with van der Waals surface area (Å²) >= 11 is 6.17. The third kappa shape index (κ3) is 1.91. The van der Waals surface area contributed by atoms with Gasteiger partial charge in [-0.1, -0.05) is 35.9 Å². The van der Waals surface area contributed by atoms with Gasteiger partial charge >= 0.3 is 0 Å². The van der Waals surface area contributed by atoms with Gasteiger partial charge in [0.1, 0.15) is 6.10 Å². The summed E-state index contributed by atoms with van der Waals surface area (Å²) in [5, 5.41) is 13.5. The first-order valence-electron chi connectivity index (χ1n) is 5.96. The van der Waals surface area contributed by atoms with E-state index in [2.05, 4.69) is 5.32 Å². The summed E-state index contributed by atoms with van der Waals surface area (Å²) in [6.45, 7) is 1.43. The zero-order valence-corrected chi connectivity index (χ0v) is 11.0. The first-order valence-corrected chi connectivity index (χ1v) is 6.34. The average Bonchev–Trinajstić information content (AvgIpc) is 2.64. The quantitative estimate of drug-likeness (QED) is 0.837. The lowest BCUT2D eigenvalue weighted by molar-refractivity contribution is -0.114. The number of rotatable bonds is 1. The molecule has 0 aromatic heterocycles. The van der Waals surface area contributed by atoms with E-state index in [1.807, 2.05) is 24.3 Å². The lowest BCUT2D eigenvalue weighted by Crippen LogP contribution is -2.07. The minimum Gasteiger partial charge on any atom is -0.384 e. The highest BCUT2D eigenvalue weighted by Crippen LogP contribution is 2.46. The van der Waals surface area contributed by atoms with E-state index in [4.69, 9.17) is 11.6 Å². The summed E-state index contributed by atoms with van der Waals surface area (Å²) < 4.78 is 0. The van der Waals surface area contributed by atoms with Crippen LogP contribution in [0.2, 0.25) is 5.02 Å². The highest BCUT2D eigenvalue weighted by molar-refractivity contribution is 6.34. The second kappa shape index (κ2) is 4.37. The normalized spacial score (nSPS) is 15.8. The maximum absolute atomic E-state index is 11.1. The molecule has 1 amide bonds. The fraction of sp³-hybridized carbons (Fsp3) is 0.133. The van der Waals surface area contributed by atoms with E-state index >= 15 is 0 Å². The molecule has 1 atom stereocenters. The Hall–Kier alpha value is -1.84. The van der Waals surface area contributed by atoms with Gasteiger partial charge < -0.3 is 10.4 Å². The average molecular weight is 274 g/mol. The van der Waals surface area contributed by atoms with Crippen molar-refractivity contribution in [1.82, 2.24) is 0 Å². The topological polar surface area (TPSA) is 49.3 Å². The summed E-state index contributed by atoms with van der Waals surface area (Å²) in [5.74, 6) is -0.188. The number of benzene rings is 2. The van der Waals surface area contributed by atoms with Crippen molar-refractivity contribution < 1.29 is 9.90 Å². The highest BCUT2D eigenvalue weighted by Gasteiger charge is 2.27. The summed E-state index contributed by atoms with van der Waals surface area (Å²) in [7, 11) is 0. The van der Waals surface area contributed by atoms with Gasteiger partial charge in [0.2, 0.25) is 5.91 Å². The van der Waals surface area contributed by atoms with E-state index < -0.39 is 6.10 Å². The van der Waals surface area contributed by atoms with Crippen molar-refractivity contribution in [3.63, 3.8) is 0 Å². The summed E-state index contributed by atoms with van der Waals surface area (Å²) in [4.78, 5) is 11.1. The van der Waals surface area contributed by atoms with Crippen molar-refractivity contribution in [2.24, 2.45) is 0 Å². The number of aliphatic hydroxyl groups excluding tert-OH is 1. The number of hydrogen-bond acceptors (Lipinski definition) is 2. The van der Waals surface area contributed by atoms with Gasteiger partial charge in [-0.2, -0.15) is 0 Å². The van der Waals surface area contributed by atoms with E-state index in [1.165, 1.54) is 6.92 Å². The molecule has 4 heteroatoms. The van der Waals surface area contributed by atoms with Crippen LogP contribution in [-0.2, 0) is 4.79 Å². The minimum absolute atomic E-state index is 0.188. The molecule has 3 nitrogen and oxygen atoms in total. The Labute approximate surface area is 115 Å². The van der Waals surface area contributed by atoms with Crippen LogP contribution in [0.25, 0.3) is 11.1 Å². The van der Waals surface area contributed by atoms with Gasteiger partial charge in [-0.05, 0) is 34.4 Å².